The molecule has 5 nitrogen and oxygen atoms in total. The van der Waals surface area contributed by atoms with E-state index in [2.05, 4.69) is 21.7 Å². The third kappa shape index (κ3) is 2.91. The summed E-state index contributed by atoms with van der Waals surface area (Å²) in [5.74, 6) is 0.532. The molecule has 1 aliphatic rings. The Morgan fingerprint density at radius 2 is 2.45 bits per heavy atom. The van der Waals surface area contributed by atoms with Crippen LogP contribution < -0.4 is 15.4 Å². The van der Waals surface area contributed by atoms with Crippen molar-refractivity contribution in [3.63, 3.8) is 0 Å². The van der Waals surface area contributed by atoms with Crippen LogP contribution in [-0.2, 0) is 11.2 Å². The van der Waals surface area contributed by atoms with E-state index in [0.717, 1.165) is 30.8 Å². The Bertz CT molecular complexity index is 598. The molecule has 0 atom stereocenters. The Morgan fingerprint density at radius 1 is 1.50 bits per heavy atom. The fraction of sp³-hybridized carbons (Fsp3) is 0.286. The van der Waals surface area contributed by atoms with E-state index in [1.165, 1.54) is 16.9 Å². The largest absolute Gasteiger partial charge is 0.482 e. The van der Waals surface area contributed by atoms with Gasteiger partial charge in [-0.2, -0.15) is 0 Å². The van der Waals surface area contributed by atoms with Gasteiger partial charge in [0.2, 0.25) is 0 Å². The summed E-state index contributed by atoms with van der Waals surface area (Å²) in [4.78, 5) is 15.8. The van der Waals surface area contributed by atoms with Crippen LogP contribution in [0, 0.1) is 0 Å². The van der Waals surface area contributed by atoms with Gasteiger partial charge in [-0.15, -0.1) is 11.3 Å². The third-order valence-corrected chi connectivity index (χ3v) is 3.76. The molecule has 0 saturated heterocycles. The normalized spacial score (nSPS) is 13.2. The number of rotatable bonds is 4. The quantitative estimate of drug-likeness (QED) is 0.908. The lowest BCUT2D eigenvalue weighted by Gasteiger charge is -2.20. The number of carbonyl (C=O) groups is 1. The Morgan fingerprint density at radius 3 is 3.30 bits per heavy atom. The number of hydrogen-bond donors (Lipinski definition) is 2. The fourth-order valence-electron chi connectivity index (χ4n) is 2.18. The van der Waals surface area contributed by atoms with Gasteiger partial charge in [0.1, 0.15) is 5.75 Å². The van der Waals surface area contributed by atoms with Crippen molar-refractivity contribution in [1.82, 2.24) is 4.98 Å². The predicted molar refractivity (Wildman–Crippen MR) is 79.5 cm³/mol. The van der Waals surface area contributed by atoms with Crippen LogP contribution in [0.3, 0.4) is 0 Å². The third-order valence-electron chi connectivity index (χ3n) is 3.07. The van der Waals surface area contributed by atoms with Crippen molar-refractivity contribution in [3.05, 3.63) is 35.3 Å². The van der Waals surface area contributed by atoms with Gasteiger partial charge in [-0.3, -0.25) is 10.1 Å². The first-order valence-electron chi connectivity index (χ1n) is 6.51. The standard InChI is InChI=1S/C14H15N3O2S/c18-12(17-14-16-7-8-20-14)9-19-11-5-1-3-10-4-2-6-15-13(10)11/h1,3,5,7-8,15H,2,4,6,9H2,(H,16,17,18). The molecule has 0 fully saturated rings. The lowest BCUT2D eigenvalue weighted by Crippen LogP contribution is -2.21. The van der Waals surface area contributed by atoms with Crippen LogP contribution in [0.2, 0.25) is 0 Å². The molecule has 6 heteroatoms. The minimum atomic E-state index is -0.201. The first-order chi connectivity index (χ1) is 9.83. The van der Waals surface area contributed by atoms with Gasteiger partial charge in [-0.25, -0.2) is 4.98 Å². The van der Waals surface area contributed by atoms with Crippen LogP contribution in [0.1, 0.15) is 12.0 Å². The second kappa shape index (κ2) is 5.92. The summed E-state index contributed by atoms with van der Waals surface area (Å²) >= 11 is 1.38. The number of ether oxygens (including phenoxy) is 1. The van der Waals surface area contributed by atoms with Crippen molar-refractivity contribution in [2.75, 3.05) is 23.8 Å². The van der Waals surface area contributed by atoms with Gasteiger partial charge in [-0.05, 0) is 24.5 Å². The average molecular weight is 289 g/mol. The number of hydrogen-bond acceptors (Lipinski definition) is 5. The summed E-state index contributed by atoms with van der Waals surface area (Å²) in [6, 6.07) is 5.93. The Hall–Kier alpha value is -2.08. The molecule has 2 aromatic rings. The number of aryl methyl sites for hydroxylation is 1. The molecule has 3 rings (SSSR count). The molecule has 2 N–H and O–H groups in total. The van der Waals surface area contributed by atoms with Gasteiger partial charge < -0.3 is 10.1 Å². The van der Waals surface area contributed by atoms with Gasteiger partial charge in [0.15, 0.2) is 11.7 Å². The molecule has 0 saturated carbocycles. The summed E-state index contributed by atoms with van der Waals surface area (Å²) in [7, 11) is 0. The summed E-state index contributed by atoms with van der Waals surface area (Å²) < 4.78 is 5.62. The maximum absolute atomic E-state index is 11.8. The fourth-order valence-corrected chi connectivity index (χ4v) is 2.73. The lowest BCUT2D eigenvalue weighted by molar-refractivity contribution is -0.118. The van der Waals surface area contributed by atoms with Crippen LogP contribution in [-0.4, -0.2) is 24.0 Å². The van der Waals surface area contributed by atoms with Crippen LogP contribution in [0.25, 0.3) is 0 Å². The van der Waals surface area contributed by atoms with E-state index in [1.54, 1.807) is 6.20 Å². The highest BCUT2D eigenvalue weighted by atomic mass is 32.1. The predicted octanol–water partition coefficient (Wildman–Crippen LogP) is 2.52. The van der Waals surface area contributed by atoms with Crippen LogP contribution >= 0.6 is 11.3 Å². The van der Waals surface area contributed by atoms with Crippen molar-refractivity contribution < 1.29 is 9.53 Å². The molecular weight excluding hydrogens is 274 g/mol. The molecule has 2 heterocycles. The molecule has 1 aromatic carbocycles. The first-order valence-corrected chi connectivity index (χ1v) is 7.39. The molecule has 0 radical (unpaired) electrons. The zero-order valence-electron chi connectivity index (χ0n) is 10.9. The van der Waals surface area contributed by atoms with Gasteiger partial charge in [0, 0.05) is 18.1 Å². The SMILES string of the molecule is O=C(COc1cccc2c1NCCC2)Nc1nccs1. The van der Waals surface area contributed by atoms with Crippen molar-refractivity contribution in [3.8, 4) is 5.75 Å². The molecule has 0 unspecified atom stereocenters. The van der Waals surface area contributed by atoms with E-state index in [1.807, 2.05) is 17.5 Å². The number of fused-ring (bicyclic) bond motifs is 1. The van der Waals surface area contributed by atoms with Gasteiger partial charge >= 0.3 is 0 Å². The van der Waals surface area contributed by atoms with Gasteiger partial charge in [0.05, 0.1) is 5.69 Å². The topological polar surface area (TPSA) is 63.2 Å². The number of benzene rings is 1. The molecule has 0 aliphatic carbocycles. The Kier molecular flexibility index (Phi) is 3.83. The molecule has 104 valence electrons. The molecule has 1 aliphatic heterocycles. The van der Waals surface area contributed by atoms with Crippen molar-refractivity contribution >= 4 is 28.1 Å². The highest BCUT2D eigenvalue weighted by Gasteiger charge is 2.14. The van der Waals surface area contributed by atoms with E-state index in [-0.39, 0.29) is 12.5 Å². The van der Waals surface area contributed by atoms with Crippen molar-refractivity contribution in [1.29, 1.82) is 0 Å². The second-order valence-electron chi connectivity index (χ2n) is 4.49. The van der Waals surface area contributed by atoms with E-state index in [4.69, 9.17) is 4.74 Å². The molecule has 20 heavy (non-hydrogen) atoms. The zero-order chi connectivity index (χ0) is 13.8. The zero-order valence-corrected chi connectivity index (χ0v) is 11.7. The number of para-hydroxylation sites is 1. The van der Waals surface area contributed by atoms with Crippen molar-refractivity contribution in [2.24, 2.45) is 0 Å². The summed E-state index contributed by atoms with van der Waals surface area (Å²) in [6.07, 6.45) is 3.82. The molecule has 0 bridgehead atoms. The van der Waals surface area contributed by atoms with E-state index in [9.17, 15) is 4.79 Å². The minimum Gasteiger partial charge on any atom is -0.482 e. The maximum atomic E-state index is 11.8. The van der Waals surface area contributed by atoms with Crippen LogP contribution in [0.4, 0.5) is 10.8 Å². The second-order valence-corrected chi connectivity index (χ2v) is 5.39. The highest BCUT2D eigenvalue weighted by molar-refractivity contribution is 7.13. The molecular formula is C14H15N3O2S. The first kappa shape index (κ1) is 12.9. The van der Waals surface area contributed by atoms with Gasteiger partial charge in [-0.1, -0.05) is 12.1 Å². The number of aromatic nitrogens is 1. The smallest absolute Gasteiger partial charge is 0.264 e. The average Bonchev–Trinajstić information content (AvgIpc) is 2.98. The molecule has 1 amide bonds. The summed E-state index contributed by atoms with van der Waals surface area (Å²) in [5.41, 5.74) is 2.26. The van der Waals surface area contributed by atoms with Gasteiger partial charge in [0.25, 0.3) is 5.91 Å². The van der Waals surface area contributed by atoms with E-state index < -0.39 is 0 Å². The van der Waals surface area contributed by atoms with Crippen molar-refractivity contribution in [2.45, 2.75) is 12.8 Å². The monoisotopic (exact) mass is 289 g/mol. The van der Waals surface area contributed by atoms with Crippen LogP contribution in [0.5, 0.6) is 5.75 Å². The Labute approximate surface area is 121 Å². The number of carbonyl (C=O) groups excluding carboxylic acids is 1. The molecule has 1 aromatic heterocycles. The van der Waals surface area contributed by atoms with E-state index >= 15 is 0 Å². The Balaban J connectivity index is 1.62. The number of anilines is 2. The summed E-state index contributed by atoms with van der Waals surface area (Å²) in [5, 5.41) is 8.43. The summed E-state index contributed by atoms with van der Waals surface area (Å²) in [6.45, 7) is 0.927. The number of nitrogens with one attached hydrogen (secondary N) is 2. The van der Waals surface area contributed by atoms with Crippen LogP contribution in [0.15, 0.2) is 29.8 Å². The highest BCUT2D eigenvalue weighted by Crippen LogP contribution is 2.31. The number of amides is 1. The maximum Gasteiger partial charge on any atom is 0.264 e. The number of thiazole rings is 1. The minimum absolute atomic E-state index is 0.0162. The number of nitrogens with zero attached hydrogens (tertiary/aromatic N) is 1. The van der Waals surface area contributed by atoms with E-state index in [0.29, 0.717) is 5.13 Å². The lowest BCUT2D eigenvalue weighted by atomic mass is 10.0. The molecule has 0 spiro atoms.